The average molecular weight is 288 g/mol. The highest BCUT2D eigenvalue weighted by Gasteiger charge is 2.27. The molecule has 0 amide bonds. The summed E-state index contributed by atoms with van der Waals surface area (Å²) in [4.78, 5) is 0. The molecule has 0 unspecified atom stereocenters. The summed E-state index contributed by atoms with van der Waals surface area (Å²) in [7, 11) is 0. The lowest BCUT2D eigenvalue weighted by Crippen LogP contribution is -2.20. The largest absolute Gasteiger partial charge is 0.392 e. The van der Waals surface area contributed by atoms with E-state index in [1.807, 2.05) is 13.0 Å². The van der Waals surface area contributed by atoms with Crippen LogP contribution in [0.1, 0.15) is 66.7 Å². The van der Waals surface area contributed by atoms with E-state index in [0.717, 1.165) is 12.0 Å². The molecule has 1 aliphatic rings. The molecule has 21 heavy (non-hydrogen) atoms. The Labute approximate surface area is 131 Å². The first-order valence-corrected chi connectivity index (χ1v) is 8.17. The Bertz CT molecular complexity index is 458. The molecule has 1 nitrogen and oxygen atoms in total. The van der Waals surface area contributed by atoms with E-state index < -0.39 is 0 Å². The second-order valence-corrected chi connectivity index (χ2v) is 7.00. The molecule has 118 valence electrons. The summed E-state index contributed by atoms with van der Waals surface area (Å²) in [6, 6.07) is 0. The molecule has 0 saturated heterocycles. The third-order valence-corrected chi connectivity index (χ3v) is 4.61. The second kappa shape index (κ2) is 8.38. The van der Waals surface area contributed by atoms with Crippen LogP contribution in [0, 0.1) is 5.41 Å². The van der Waals surface area contributed by atoms with Gasteiger partial charge in [-0.05, 0) is 58.3 Å². The van der Waals surface area contributed by atoms with E-state index in [9.17, 15) is 0 Å². The molecule has 0 aromatic carbocycles. The van der Waals surface area contributed by atoms with Crippen LogP contribution < -0.4 is 0 Å². The fraction of sp³-hybridized carbons (Fsp3) is 0.600. The maximum Gasteiger partial charge on any atom is 0.0617 e. The van der Waals surface area contributed by atoms with E-state index in [-0.39, 0.29) is 6.61 Å². The predicted molar refractivity (Wildman–Crippen MR) is 93.3 cm³/mol. The molecule has 0 heterocycles. The summed E-state index contributed by atoms with van der Waals surface area (Å²) >= 11 is 0. The van der Waals surface area contributed by atoms with Crippen molar-refractivity contribution in [2.24, 2.45) is 5.41 Å². The molecular weight excluding hydrogens is 256 g/mol. The van der Waals surface area contributed by atoms with Crippen molar-refractivity contribution in [2.45, 2.75) is 66.7 Å². The van der Waals surface area contributed by atoms with Crippen molar-refractivity contribution >= 4 is 0 Å². The van der Waals surface area contributed by atoms with E-state index in [1.165, 1.54) is 31.3 Å². The van der Waals surface area contributed by atoms with E-state index >= 15 is 0 Å². The van der Waals surface area contributed by atoms with Crippen LogP contribution in [0.3, 0.4) is 0 Å². The zero-order valence-electron chi connectivity index (χ0n) is 14.5. The average Bonchev–Trinajstić information content (AvgIpc) is 2.37. The molecule has 0 radical (unpaired) electrons. The first kappa shape index (κ1) is 18.0. The van der Waals surface area contributed by atoms with Crippen molar-refractivity contribution in [3.05, 3.63) is 46.6 Å². The zero-order chi connectivity index (χ0) is 15.9. The first-order chi connectivity index (χ1) is 9.86. The van der Waals surface area contributed by atoms with E-state index in [2.05, 4.69) is 45.9 Å². The maximum atomic E-state index is 8.82. The number of hydrogen-bond acceptors (Lipinski definition) is 1. The number of allylic oxidation sites excluding steroid dienone is 7. The topological polar surface area (TPSA) is 20.2 Å². The summed E-state index contributed by atoms with van der Waals surface area (Å²) in [5, 5.41) is 8.82. The van der Waals surface area contributed by atoms with Crippen molar-refractivity contribution < 1.29 is 5.11 Å². The predicted octanol–water partition coefficient (Wildman–Crippen LogP) is 5.73. The standard InChI is InChI=1S/C20H32O/c1-16(8-6-9-17(2)13-15-21)11-12-19-18(3)10-7-14-20(19,4)5/h6,8-9,13,21H,7,10-12,14-15H2,1-5H3/b9-6+,16-8-,17-13+. The van der Waals surface area contributed by atoms with Crippen molar-refractivity contribution in [3.63, 3.8) is 0 Å². The van der Waals surface area contributed by atoms with Gasteiger partial charge < -0.3 is 5.11 Å². The SMILES string of the molecule is CC1=C(CC\C(C)=C/C=C/C(C)=C/CO)C(C)(C)CCC1. The van der Waals surface area contributed by atoms with Crippen LogP contribution in [-0.4, -0.2) is 11.7 Å². The van der Waals surface area contributed by atoms with Crippen LogP contribution in [0.5, 0.6) is 0 Å². The van der Waals surface area contributed by atoms with E-state index in [1.54, 1.807) is 11.1 Å². The van der Waals surface area contributed by atoms with Gasteiger partial charge in [0.1, 0.15) is 0 Å². The quantitative estimate of drug-likeness (QED) is 0.488. The van der Waals surface area contributed by atoms with Gasteiger partial charge >= 0.3 is 0 Å². The normalized spacial score (nSPS) is 20.5. The highest BCUT2D eigenvalue weighted by molar-refractivity contribution is 5.25. The molecular formula is C20H32O. The molecule has 1 N–H and O–H groups in total. The van der Waals surface area contributed by atoms with Crippen LogP contribution >= 0.6 is 0 Å². The Morgan fingerprint density at radius 1 is 1.29 bits per heavy atom. The molecule has 1 heteroatoms. The van der Waals surface area contributed by atoms with Crippen LogP contribution in [0.4, 0.5) is 0 Å². The Kier molecular flexibility index (Phi) is 7.17. The molecule has 0 saturated carbocycles. The van der Waals surface area contributed by atoms with Gasteiger partial charge in [0.15, 0.2) is 0 Å². The van der Waals surface area contributed by atoms with Gasteiger partial charge in [-0.25, -0.2) is 0 Å². The number of aliphatic hydroxyl groups is 1. The van der Waals surface area contributed by atoms with Gasteiger partial charge in [0, 0.05) is 0 Å². The van der Waals surface area contributed by atoms with Gasteiger partial charge in [0.25, 0.3) is 0 Å². The number of aliphatic hydroxyl groups excluding tert-OH is 1. The van der Waals surface area contributed by atoms with Gasteiger partial charge in [-0.2, -0.15) is 0 Å². The lowest BCUT2D eigenvalue weighted by Gasteiger charge is -2.34. The zero-order valence-corrected chi connectivity index (χ0v) is 14.5. The van der Waals surface area contributed by atoms with Gasteiger partial charge in [-0.15, -0.1) is 0 Å². The lowest BCUT2D eigenvalue weighted by molar-refractivity contribution is 0.342. The third-order valence-electron chi connectivity index (χ3n) is 4.61. The molecule has 0 aromatic rings. The molecule has 1 rings (SSSR count). The molecule has 0 spiro atoms. The number of rotatable bonds is 6. The Morgan fingerprint density at radius 3 is 2.62 bits per heavy atom. The van der Waals surface area contributed by atoms with E-state index in [0.29, 0.717) is 5.41 Å². The molecule has 1 aliphatic carbocycles. The van der Waals surface area contributed by atoms with Crippen LogP contribution in [0.15, 0.2) is 46.6 Å². The molecule has 0 aromatic heterocycles. The molecule has 0 bridgehead atoms. The highest BCUT2D eigenvalue weighted by Crippen LogP contribution is 2.42. The molecule has 0 fully saturated rings. The maximum absolute atomic E-state index is 8.82. The Balaban J connectivity index is 2.60. The minimum absolute atomic E-state index is 0.112. The first-order valence-electron chi connectivity index (χ1n) is 8.17. The van der Waals surface area contributed by atoms with Gasteiger partial charge in [0.05, 0.1) is 6.61 Å². The van der Waals surface area contributed by atoms with Crippen LogP contribution in [0.2, 0.25) is 0 Å². The Morgan fingerprint density at radius 2 is 2.00 bits per heavy atom. The van der Waals surface area contributed by atoms with Gasteiger partial charge in [-0.1, -0.05) is 60.4 Å². The van der Waals surface area contributed by atoms with Crippen molar-refractivity contribution in [3.8, 4) is 0 Å². The summed E-state index contributed by atoms with van der Waals surface area (Å²) in [5.41, 5.74) is 6.22. The van der Waals surface area contributed by atoms with Gasteiger partial charge in [-0.3, -0.25) is 0 Å². The highest BCUT2D eigenvalue weighted by atomic mass is 16.2. The Hall–Kier alpha value is -1.08. The van der Waals surface area contributed by atoms with Crippen molar-refractivity contribution in [1.29, 1.82) is 0 Å². The van der Waals surface area contributed by atoms with Crippen molar-refractivity contribution in [1.82, 2.24) is 0 Å². The summed E-state index contributed by atoms with van der Waals surface area (Å²) < 4.78 is 0. The fourth-order valence-electron chi connectivity index (χ4n) is 3.21. The minimum Gasteiger partial charge on any atom is -0.392 e. The second-order valence-electron chi connectivity index (χ2n) is 7.00. The smallest absolute Gasteiger partial charge is 0.0617 e. The molecule has 0 aliphatic heterocycles. The van der Waals surface area contributed by atoms with E-state index in [4.69, 9.17) is 5.11 Å². The number of hydrogen-bond donors (Lipinski definition) is 1. The summed E-state index contributed by atoms with van der Waals surface area (Å²) in [6.45, 7) is 11.4. The summed E-state index contributed by atoms with van der Waals surface area (Å²) in [6.07, 6.45) is 14.4. The minimum atomic E-state index is 0.112. The fourth-order valence-corrected chi connectivity index (χ4v) is 3.21. The molecule has 0 atom stereocenters. The monoisotopic (exact) mass is 288 g/mol. The van der Waals surface area contributed by atoms with Gasteiger partial charge in [0.2, 0.25) is 0 Å². The van der Waals surface area contributed by atoms with Crippen molar-refractivity contribution in [2.75, 3.05) is 6.61 Å². The van der Waals surface area contributed by atoms with Crippen LogP contribution in [0.25, 0.3) is 0 Å². The summed E-state index contributed by atoms with van der Waals surface area (Å²) in [5.74, 6) is 0. The lowest BCUT2D eigenvalue weighted by atomic mass is 9.71. The third kappa shape index (κ3) is 6.05. The van der Waals surface area contributed by atoms with Crippen LogP contribution in [-0.2, 0) is 0 Å².